The van der Waals surface area contributed by atoms with E-state index in [2.05, 4.69) is 19.2 Å². The van der Waals surface area contributed by atoms with Gasteiger partial charge in [0.2, 0.25) is 5.91 Å². The maximum atomic E-state index is 11.1. The van der Waals surface area contributed by atoms with Gasteiger partial charge in [-0.3, -0.25) is 4.79 Å². The van der Waals surface area contributed by atoms with Gasteiger partial charge in [-0.15, -0.1) is 0 Å². The third-order valence-electron chi connectivity index (χ3n) is 2.48. The number of carbonyl (C=O) groups is 1. The largest absolute Gasteiger partial charge is 0.379 e. The predicted octanol–water partition coefficient (Wildman–Crippen LogP) is 0.655. The molecule has 4 heteroatoms. The maximum absolute atomic E-state index is 11.1. The second-order valence-corrected chi connectivity index (χ2v) is 4.65. The molecule has 1 unspecified atom stereocenters. The molecule has 1 saturated carbocycles. The molecule has 0 saturated heterocycles. The molecule has 0 heterocycles. The monoisotopic (exact) mass is 214 g/mol. The average Bonchev–Trinajstić information content (AvgIpc) is 2.93. The van der Waals surface area contributed by atoms with E-state index >= 15 is 0 Å². The van der Waals surface area contributed by atoms with E-state index < -0.39 is 0 Å². The van der Waals surface area contributed by atoms with Crippen LogP contribution in [-0.4, -0.2) is 31.2 Å². The van der Waals surface area contributed by atoms with Gasteiger partial charge in [0, 0.05) is 12.6 Å². The SMILES string of the molecule is CC(C)CCOCC(NC1CC1)C(N)=O. The van der Waals surface area contributed by atoms with E-state index in [4.69, 9.17) is 10.5 Å². The molecule has 1 aliphatic carbocycles. The van der Waals surface area contributed by atoms with Crippen molar-refractivity contribution in [1.82, 2.24) is 5.32 Å². The van der Waals surface area contributed by atoms with Gasteiger partial charge in [0.05, 0.1) is 6.61 Å². The molecule has 88 valence electrons. The summed E-state index contributed by atoms with van der Waals surface area (Å²) in [6, 6.07) is 0.167. The Morgan fingerprint density at radius 3 is 2.67 bits per heavy atom. The van der Waals surface area contributed by atoms with Gasteiger partial charge < -0.3 is 15.8 Å². The van der Waals surface area contributed by atoms with Crippen LogP contribution in [0.5, 0.6) is 0 Å². The number of carbonyl (C=O) groups excluding carboxylic acids is 1. The molecule has 1 fully saturated rings. The van der Waals surface area contributed by atoms with E-state index in [1.807, 2.05) is 0 Å². The van der Waals surface area contributed by atoms with Crippen molar-refractivity contribution in [3.05, 3.63) is 0 Å². The molecule has 1 amide bonds. The van der Waals surface area contributed by atoms with E-state index in [1.165, 1.54) is 0 Å². The number of ether oxygens (including phenoxy) is 1. The summed E-state index contributed by atoms with van der Waals surface area (Å²) in [5.41, 5.74) is 5.27. The van der Waals surface area contributed by atoms with E-state index in [0.717, 1.165) is 19.3 Å². The molecule has 0 aromatic heterocycles. The van der Waals surface area contributed by atoms with Crippen LogP contribution < -0.4 is 11.1 Å². The van der Waals surface area contributed by atoms with Crippen molar-refractivity contribution >= 4 is 5.91 Å². The van der Waals surface area contributed by atoms with Crippen LogP contribution in [0.4, 0.5) is 0 Å². The van der Waals surface area contributed by atoms with Crippen molar-refractivity contribution in [2.45, 2.75) is 45.2 Å². The predicted molar refractivity (Wildman–Crippen MR) is 59.4 cm³/mol. The molecule has 1 atom stereocenters. The Bertz CT molecular complexity index is 203. The highest BCUT2D eigenvalue weighted by Gasteiger charge is 2.27. The molecule has 0 bridgehead atoms. The number of hydrogen-bond acceptors (Lipinski definition) is 3. The Morgan fingerprint density at radius 2 is 2.20 bits per heavy atom. The Morgan fingerprint density at radius 1 is 1.53 bits per heavy atom. The first-order chi connectivity index (χ1) is 7.09. The van der Waals surface area contributed by atoms with Crippen molar-refractivity contribution in [3.63, 3.8) is 0 Å². The molecule has 3 N–H and O–H groups in total. The standard InChI is InChI=1S/C11H22N2O2/c1-8(2)5-6-15-7-10(11(12)14)13-9-3-4-9/h8-10,13H,3-7H2,1-2H3,(H2,12,14). The fourth-order valence-electron chi connectivity index (χ4n) is 1.27. The van der Waals surface area contributed by atoms with Crippen molar-refractivity contribution in [1.29, 1.82) is 0 Å². The normalized spacial score (nSPS) is 18.1. The molecular formula is C11H22N2O2. The van der Waals surface area contributed by atoms with Gasteiger partial charge in [-0.25, -0.2) is 0 Å². The fourth-order valence-corrected chi connectivity index (χ4v) is 1.27. The lowest BCUT2D eigenvalue weighted by Crippen LogP contribution is -2.45. The van der Waals surface area contributed by atoms with Crippen molar-refractivity contribution < 1.29 is 9.53 Å². The third-order valence-corrected chi connectivity index (χ3v) is 2.48. The third kappa shape index (κ3) is 5.74. The lowest BCUT2D eigenvalue weighted by Gasteiger charge is -2.15. The van der Waals surface area contributed by atoms with E-state index in [9.17, 15) is 4.79 Å². The number of primary amides is 1. The Balaban J connectivity index is 2.10. The summed E-state index contributed by atoms with van der Waals surface area (Å²) in [5.74, 6) is 0.319. The molecule has 0 radical (unpaired) electrons. The van der Waals surface area contributed by atoms with E-state index in [0.29, 0.717) is 25.2 Å². The Labute approximate surface area is 91.5 Å². The van der Waals surface area contributed by atoms with E-state index in [-0.39, 0.29) is 11.9 Å². The van der Waals surface area contributed by atoms with Crippen molar-refractivity contribution in [3.8, 4) is 0 Å². The van der Waals surface area contributed by atoms with Gasteiger partial charge in [-0.1, -0.05) is 13.8 Å². The summed E-state index contributed by atoms with van der Waals surface area (Å²) < 4.78 is 5.43. The van der Waals surface area contributed by atoms with Gasteiger partial charge in [-0.2, -0.15) is 0 Å². The van der Waals surface area contributed by atoms with Crippen LogP contribution in [-0.2, 0) is 9.53 Å². The maximum Gasteiger partial charge on any atom is 0.236 e. The highest BCUT2D eigenvalue weighted by Crippen LogP contribution is 2.19. The summed E-state index contributed by atoms with van der Waals surface area (Å²) >= 11 is 0. The molecule has 15 heavy (non-hydrogen) atoms. The van der Waals surface area contributed by atoms with Crippen LogP contribution in [0, 0.1) is 5.92 Å². The number of hydrogen-bond donors (Lipinski definition) is 2. The first-order valence-corrected chi connectivity index (χ1v) is 5.72. The first kappa shape index (κ1) is 12.5. The Kier molecular flexibility index (Phi) is 5.05. The fraction of sp³-hybridized carbons (Fsp3) is 0.909. The zero-order valence-electron chi connectivity index (χ0n) is 9.66. The molecule has 0 aromatic carbocycles. The van der Waals surface area contributed by atoms with Crippen molar-refractivity contribution in [2.75, 3.05) is 13.2 Å². The molecule has 1 rings (SSSR count). The van der Waals surface area contributed by atoms with E-state index in [1.54, 1.807) is 0 Å². The second kappa shape index (κ2) is 6.08. The number of nitrogens with two attached hydrogens (primary N) is 1. The van der Waals surface area contributed by atoms with Gasteiger partial charge in [0.1, 0.15) is 6.04 Å². The molecule has 0 aromatic rings. The molecule has 1 aliphatic rings. The van der Waals surface area contributed by atoms with Gasteiger partial charge >= 0.3 is 0 Å². The topological polar surface area (TPSA) is 64.3 Å². The van der Waals surface area contributed by atoms with Gasteiger partial charge in [0.25, 0.3) is 0 Å². The lowest BCUT2D eigenvalue weighted by atomic mass is 10.1. The minimum absolute atomic E-state index is 0.313. The first-order valence-electron chi connectivity index (χ1n) is 5.72. The summed E-state index contributed by atoms with van der Waals surface area (Å²) in [7, 11) is 0. The zero-order valence-corrected chi connectivity index (χ0v) is 9.66. The van der Waals surface area contributed by atoms with Crippen LogP contribution in [0.1, 0.15) is 33.1 Å². The molecule has 0 aliphatic heterocycles. The molecular weight excluding hydrogens is 192 g/mol. The van der Waals surface area contributed by atoms with Crippen LogP contribution in [0.3, 0.4) is 0 Å². The van der Waals surface area contributed by atoms with Crippen LogP contribution >= 0.6 is 0 Å². The van der Waals surface area contributed by atoms with Crippen LogP contribution in [0.25, 0.3) is 0 Å². The van der Waals surface area contributed by atoms with Gasteiger partial charge in [-0.05, 0) is 25.2 Å². The number of amides is 1. The molecule has 0 spiro atoms. The minimum atomic E-state index is -0.315. The summed E-state index contributed by atoms with van der Waals surface area (Å²) in [4.78, 5) is 11.1. The summed E-state index contributed by atoms with van der Waals surface area (Å²) in [5, 5.41) is 3.18. The lowest BCUT2D eigenvalue weighted by molar-refractivity contribution is -0.121. The second-order valence-electron chi connectivity index (χ2n) is 4.65. The molecule has 4 nitrogen and oxygen atoms in total. The number of nitrogens with one attached hydrogen (secondary N) is 1. The Hall–Kier alpha value is -0.610. The van der Waals surface area contributed by atoms with Crippen LogP contribution in [0.2, 0.25) is 0 Å². The average molecular weight is 214 g/mol. The number of rotatable bonds is 8. The summed E-state index contributed by atoms with van der Waals surface area (Å²) in [6.07, 6.45) is 3.32. The smallest absolute Gasteiger partial charge is 0.236 e. The van der Waals surface area contributed by atoms with Crippen LogP contribution in [0.15, 0.2) is 0 Å². The minimum Gasteiger partial charge on any atom is -0.379 e. The highest BCUT2D eigenvalue weighted by molar-refractivity contribution is 5.80. The highest BCUT2D eigenvalue weighted by atomic mass is 16.5. The summed E-state index contributed by atoms with van der Waals surface area (Å²) in [6.45, 7) is 5.40. The zero-order chi connectivity index (χ0) is 11.3. The quantitative estimate of drug-likeness (QED) is 0.583. The van der Waals surface area contributed by atoms with Crippen molar-refractivity contribution in [2.24, 2.45) is 11.7 Å². The van der Waals surface area contributed by atoms with Gasteiger partial charge in [0.15, 0.2) is 0 Å².